The molecule has 12 rings (SSSR count). The smallest absolute Gasteiger partial charge is 0.264 e. The maximum Gasteiger partial charge on any atom is 0.264 e. The lowest BCUT2D eigenvalue weighted by Gasteiger charge is -2.38. The van der Waals surface area contributed by atoms with Gasteiger partial charge in [-0.25, -0.2) is 4.21 Å². The Balaban J connectivity index is 0.000000358. The van der Waals surface area contributed by atoms with E-state index in [2.05, 4.69) is 44.8 Å². The first-order valence-corrected chi connectivity index (χ1v) is 60.7. The number of carbonyl (C=O) groups excluding carboxylic acids is 5. The summed E-state index contributed by atoms with van der Waals surface area (Å²) < 4.78 is 116. The van der Waals surface area contributed by atoms with E-state index in [1.165, 1.54) is 18.2 Å². The summed E-state index contributed by atoms with van der Waals surface area (Å²) in [7, 11) is 0.714. The van der Waals surface area contributed by atoms with Crippen LogP contribution in [0, 0.1) is 0 Å². The number of hydrogen-bond acceptors (Lipinski definition) is 27. The second kappa shape index (κ2) is 68.9. The van der Waals surface area contributed by atoms with Crippen molar-refractivity contribution in [2.45, 2.75) is 17.9 Å². The number of aldehydes is 1. The van der Waals surface area contributed by atoms with Crippen molar-refractivity contribution in [1.82, 2.24) is 15.1 Å². The molecular formula is C110H134Cl2N3O24P3S3. The van der Waals surface area contributed by atoms with Gasteiger partial charge >= 0.3 is 0 Å². The van der Waals surface area contributed by atoms with Crippen molar-refractivity contribution in [1.29, 1.82) is 0 Å². The maximum absolute atomic E-state index is 12.3. The number of halogens is 2. The minimum Gasteiger partial charge on any atom is -0.508 e. The first kappa shape index (κ1) is 126. The molecule has 0 fully saturated rings. The van der Waals surface area contributed by atoms with Crippen LogP contribution in [0.4, 0.5) is 0 Å². The highest BCUT2D eigenvalue weighted by Crippen LogP contribution is 2.45. The van der Waals surface area contributed by atoms with E-state index >= 15 is 0 Å². The lowest BCUT2D eigenvalue weighted by molar-refractivity contribution is -0.104. The normalized spacial score (nSPS) is 11.7. The van der Waals surface area contributed by atoms with Crippen LogP contribution in [0.1, 0.15) is 98.3 Å². The molecule has 0 amide bonds. The third-order valence-electron chi connectivity index (χ3n) is 20.2. The number of aromatic hydroxyl groups is 1. The molecule has 12 aromatic carbocycles. The maximum atomic E-state index is 12.3. The minimum absolute atomic E-state index is 0.00967. The first-order valence-electron chi connectivity index (χ1n) is 45.9. The van der Waals surface area contributed by atoms with Crippen molar-refractivity contribution in [3.63, 3.8) is 0 Å². The fourth-order valence-corrected chi connectivity index (χ4v) is 15.9. The molecule has 0 saturated carbocycles. The van der Waals surface area contributed by atoms with E-state index in [0.29, 0.717) is 81.8 Å². The Hall–Kier alpha value is -11.3. The zero-order chi connectivity index (χ0) is 107. The number of hydrogen-bond donors (Lipinski definition) is 6. The lowest BCUT2D eigenvalue weighted by Crippen LogP contribution is -2.35. The molecule has 2 atom stereocenters. The number of benzene rings is 12. The SMILES string of the molecule is CN(CCOc1ccc(C(=O)c2ccccc2)cc1)CCP(C)(C)=O.CN(CCOc1ccc(C(O)(c2ccccc2)C(CCO)c2ccccc2)cc1)CCP(C)(C)=O.CNCCP(C)(C)=O.CS(=O)(=O)OCCO.CS(=O)(=O)OCCOc1ccc(C(=O)c2ccccc2)cc1.O=C(c1ccccc1)c1ccc(O)cc1.O=C(c1ccccc1)c1ccc(OCCO)cc1.O=C/C=C/c1ccccc1.O=S(Cl)Cl. The molecule has 0 saturated heterocycles. The molecule has 2 unspecified atom stereocenters. The molecule has 0 aliphatic rings. The lowest BCUT2D eigenvalue weighted by atomic mass is 9.71. The number of nitrogens with zero attached hydrogens (tertiary/aromatic N) is 2. The monoisotopic (exact) mass is 2140 g/mol. The fraction of sp³-hybridized carbons (Fsp3) is 0.282. The highest BCUT2D eigenvalue weighted by Gasteiger charge is 2.41. The standard InChI is InChI=1S/C29H38NO4P.C20H26NO3P.C16H16O5S.C15H14O3.C13H10O2.C9H8O.C5H14NOP.C3H8O4S.Cl2OS/c1-30(20-23-35(2,3)33)19-22-34-27-16-14-26(15-17-27)29(32,25-12-8-5-9-13-25)28(18-21-31)24-10-6-4-7-11-24;1-21(14-16-25(2,3)23)13-15-24-19-11-9-18(10-12-19)20(22)17-7-5-4-6-8-17;1-22(18,19)21-12-11-20-15-9-7-14(8-10-15)16(17)13-5-3-2-4-6-13;16-10-11-18-14-8-6-13(7-9-14)15(17)12-4-2-1-3-5-12;14-12-8-6-11(7-9-12)13(15)10-4-2-1-3-5-10;10-8-4-7-9-5-2-1-3-6-9;1-6-4-5-8(2,3)7;1-8(5,6)7-3-2-4;1-4(2)3/h4-17,28,31-32H,18-23H2,1-3H3;4-12H,13-16H2,1-3H3;2-10H,11-12H2,1H3;1-9,16H,10-11H2;1-9,14H;1-8H;6H,4-5H2,1-3H3;4H,2-3H2,1H3;/b;;;;;7-4+;;;. The zero-order valence-electron chi connectivity index (χ0n) is 83.5. The van der Waals surface area contributed by atoms with Gasteiger partial charge in [0.25, 0.3) is 20.2 Å². The molecule has 0 aliphatic carbocycles. The van der Waals surface area contributed by atoms with Crippen LogP contribution in [0.15, 0.2) is 340 Å². The predicted molar refractivity (Wildman–Crippen MR) is 585 cm³/mol. The van der Waals surface area contributed by atoms with Crippen LogP contribution in [0.25, 0.3) is 6.08 Å². The molecule has 0 aromatic heterocycles. The van der Waals surface area contributed by atoms with Crippen LogP contribution in [-0.2, 0) is 61.9 Å². The quantitative estimate of drug-likeness (QED) is 0.00393. The fourth-order valence-electron chi connectivity index (χ4n) is 12.7. The average molecular weight is 2140 g/mol. The van der Waals surface area contributed by atoms with Crippen LogP contribution in [0.3, 0.4) is 0 Å². The number of ketones is 4. The molecule has 35 heteroatoms. The van der Waals surface area contributed by atoms with Gasteiger partial charge in [-0.05, 0) is 205 Å². The van der Waals surface area contributed by atoms with Gasteiger partial charge < -0.3 is 73.3 Å². The summed E-state index contributed by atoms with van der Waals surface area (Å²) in [5, 5.41) is 50.9. The number of allylic oxidation sites excluding steroid dienone is 1. The summed E-state index contributed by atoms with van der Waals surface area (Å²) in [4.78, 5) is 62.6. The van der Waals surface area contributed by atoms with Crippen LogP contribution in [0.5, 0.6) is 28.7 Å². The van der Waals surface area contributed by atoms with Crippen LogP contribution in [0.2, 0.25) is 0 Å². The number of likely N-dealkylation sites (N-methyl/N-ethyl adjacent to an activating group) is 2. The summed E-state index contributed by atoms with van der Waals surface area (Å²) in [6.07, 6.45) is 8.59. The summed E-state index contributed by atoms with van der Waals surface area (Å²) in [5.41, 5.74) is 7.27. The van der Waals surface area contributed by atoms with Crippen LogP contribution >= 0.6 is 42.8 Å². The summed E-state index contributed by atoms with van der Waals surface area (Å²) in [5.74, 6) is 2.41. The summed E-state index contributed by atoms with van der Waals surface area (Å²) in [6, 6.07) is 100. The van der Waals surface area contributed by atoms with E-state index in [0.717, 1.165) is 97.6 Å². The van der Waals surface area contributed by atoms with Gasteiger partial charge in [-0.2, -0.15) is 16.8 Å². The first-order chi connectivity index (χ1) is 68.9. The second-order valence-corrected chi connectivity index (χ2v) is 50.2. The molecule has 0 aliphatic heterocycles. The molecule has 0 spiro atoms. The van der Waals surface area contributed by atoms with Crippen LogP contribution < -0.4 is 24.3 Å². The predicted octanol–water partition coefficient (Wildman–Crippen LogP) is 18.8. The molecular weight excluding hydrogens is 2010 g/mol. The van der Waals surface area contributed by atoms with E-state index in [-0.39, 0.29) is 81.0 Å². The van der Waals surface area contributed by atoms with Crippen LogP contribution in [-0.4, -0.2) is 270 Å². The molecule has 27 nitrogen and oxygen atoms in total. The molecule has 0 bridgehead atoms. The van der Waals surface area contributed by atoms with Gasteiger partial charge in [-0.1, -0.05) is 231 Å². The topological polar surface area (TPSA) is 397 Å². The largest absolute Gasteiger partial charge is 0.508 e. The number of ether oxygens (including phenoxy) is 4. The number of rotatable bonds is 44. The minimum atomic E-state index is -3.45. The highest BCUT2D eigenvalue weighted by molar-refractivity contribution is 8.26. The Morgan fingerprint density at radius 3 is 0.972 bits per heavy atom. The van der Waals surface area contributed by atoms with Gasteiger partial charge in [-0.3, -0.25) is 32.3 Å². The Bertz CT molecular complexity index is 6160. The second-order valence-electron chi connectivity index (χ2n) is 33.6. The molecule has 0 radical (unpaired) electrons. The van der Waals surface area contributed by atoms with E-state index in [1.807, 2.05) is 273 Å². The molecule has 145 heavy (non-hydrogen) atoms. The summed E-state index contributed by atoms with van der Waals surface area (Å²) >= 11 is 0. The van der Waals surface area contributed by atoms with Gasteiger partial charge in [-0.15, -0.1) is 0 Å². The number of phenols is 1. The van der Waals surface area contributed by atoms with Gasteiger partial charge in [0.15, 0.2) is 23.1 Å². The number of aliphatic hydroxyl groups is 4. The Morgan fingerprint density at radius 1 is 0.393 bits per heavy atom. The van der Waals surface area contributed by atoms with Gasteiger partial charge in [0.05, 0.1) is 53.8 Å². The van der Waals surface area contributed by atoms with Gasteiger partial charge in [0, 0.05) is 130 Å². The van der Waals surface area contributed by atoms with E-state index < -0.39 is 56.5 Å². The third kappa shape index (κ3) is 55.7. The van der Waals surface area contributed by atoms with Crippen molar-refractivity contribution < 1.29 is 112 Å². The Kier molecular flexibility index (Phi) is 59.9. The van der Waals surface area contributed by atoms with Crippen molar-refractivity contribution in [3.05, 3.63) is 406 Å². The molecule has 6 N–H and O–H groups in total. The highest BCUT2D eigenvalue weighted by atomic mass is 36.0. The molecule has 780 valence electrons. The third-order valence-corrected chi connectivity index (χ3v) is 25.3. The van der Waals surface area contributed by atoms with Gasteiger partial charge in [0.2, 0.25) is 9.23 Å². The zero-order valence-corrected chi connectivity index (χ0v) is 90.1. The van der Waals surface area contributed by atoms with E-state index in [9.17, 15) is 64.7 Å². The van der Waals surface area contributed by atoms with Crippen molar-refractivity contribution in [3.8, 4) is 28.7 Å². The Morgan fingerprint density at radius 2 is 0.676 bits per heavy atom. The average Bonchev–Trinajstić information content (AvgIpc) is 0.757. The Labute approximate surface area is 865 Å². The van der Waals surface area contributed by atoms with E-state index in [4.69, 9.17) is 38.5 Å². The number of phenolic OH excluding ortho intramolecular Hbond substituents is 1. The van der Waals surface area contributed by atoms with Crippen molar-refractivity contribution in [2.24, 2.45) is 0 Å². The van der Waals surface area contributed by atoms with Crippen molar-refractivity contribution in [2.75, 3.05) is 184 Å². The molecule has 12 aromatic rings. The molecule has 0 heterocycles. The number of carbonyl (C=O) groups is 5. The number of aliphatic hydroxyl groups excluding tert-OH is 3. The van der Waals surface area contributed by atoms with E-state index in [1.54, 1.807) is 115 Å². The summed E-state index contributed by atoms with van der Waals surface area (Å²) in [6.45, 7) is 15.8. The number of nitrogens with one attached hydrogen (secondary N) is 1. The van der Waals surface area contributed by atoms with Crippen molar-refractivity contribution >= 4 is 108 Å². The van der Waals surface area contributed by atoms with Gasteiger partial charge in [0.1, 0.15) is 73.7 Å².